The molecular weight excluding hydrogens is 232 g/mol. The summed E-state index contributed by atoms with van der Waals surface area (Å²) in [7, 11) is 3.62. The molecule has 0 atom stereocenters. The van der Waals surface area contributed by atoms with Crippen LogP contribution in [0.25, 0.3) is 10.4 Å². The average molecular weight is 248 g/mol. The summed E-state index contributed by atoms with van der Waals surface area (Å²) in [5.41, 5.74) is 2.34. The molecule has 3 nitrogen and oxygen atoms in total. The quantitative estimate of drug-likeness (QED) is 0.903. The van der Waals surface area contributed by atoms with Crippen molar-refractivity contribution in [1.82, 2.24) is 10.3 Å². The van der Waals surface area contributed by atoms with Crippen LogP contribution < -0.4 is 10.1 Å². The molecule has 0 fully saturated rings. The first-order chi connectivity index (χ1) is 8.24. The first-order valence-corrected chi connectivity index (χ1v) is 6.30. The van der Waals surface area contributed by atoms with Crippen LogP contribution in [-0.2, 0) is 6.54 Å². The molecule has 0 saturated heterocycles. The molecule has 1 heterocycles. The van der Waals surface area contributed by atoms with Gasteiger partial charge in [-0.1, -0.05) is 11.6 Å². The molecule has 0 bridgehead atoms. The van der Waals surface area contributed by atoms with E-state index in [0.29, 0.717) is 0 Å². The van der Waals surface area contributed by atoms with Crippen molar-refractivity contribution in [3.63, 3.8) is 0 Å². The van der Waals surface area contributed by atoms with E-state index in [1.54, 1.807) is 18.4 Å². The molecule has 2 aromatic rings. The van der Waals surface area contributed by atoms with Gasteiger partial charge in [0.25, 0.3) is 0 Å². The fourth-order valence-corrected chi connectivity index (χ4v) is 2.63. The summed E-state index contributed by atoms with van der Waals surface area (Å²) in [5.74, 6) is 0.898. The highest BCUT2D eigenvalue weighted by Crippen LogP contribution is 2.34. The summed E-state index contributed by atoms with van der Waals surface area (Å²) in [6.07, 6.45) is 1.91. The van der Waals surface area contributed by atoms with Crippen LogP contribution in [0.5, 0.6) is 5.75 Å². The summed E-state index contributed by atoms with van der Waals surface area (Å²) in [6, 6.07) is 6.19. The summed E-state index contributed by atoms with van der Waals surface area (Å²) in [5, 5.41) is 4.19. The van der Waals surface area contributed by atoms with Crippen molar-refractivity contribution in [2.45, 2.75) is 13.5 Å². The first-order valence-electron chi connectivity index (χ1n) is 5.49. The number of hydrogen-bond acceptors (Lipinski definition) is 4. The lowest BCUT2D eigenvalue weighted by molar-refractivity contribution is 0.416. The van der Waals surface area contributed by atoms with Crippen molar-refractivity contribution in [3.05, 3.63) is 35.0 Å². The van der Waals surface area contributed by atoms with Gasteiger partial charge in [0.05, 0.1) is 12.0 Å². The summed E-state index contributed by atoms with van der Waals surface area (Å²) in [6.45, 7) is 2.89. The molecule has 0 spiro atoms. The van der Waals surface area contributed by atoms with Crippen LogP contribution in [0.3, 0.4) is 0 Å². The number of methoxy groups -OCH3 is 1. The highest BCUT2D eigenvalue weighted by molar-refractivity contribution is 7.15. The maximum atomic E-state index is 5.39. The Hall–Kier alpha value is -1.39. The fourth-order valence-electron chi connectivity index (χ4n) is 1.68. The van der Waals surface area contributed by atoms with E-state index >= 15 is 0 Å². The molecular formula is C13H16N2OS. The number of hydrogen-bond donors (Lipinski definition) is 1. The van der Waals surface area contributed by atoms with E-state index < -0.39 is 0 Å². The van der Waals surface area contributed by atoms with E-state index in [4.69, 9.17) is 4.74 Å². The summed E-state index contributed by atoms with van der Waals surface area (Å²) in [4.78, 5) is 5.54. The molecule has 90 valence electrons. The van der Waals surface area contributed by atoms with E-state index in [-0.39, 0.29) is 0 Å². The highest BCUT2D eigenvalue weighted by atomic mass is 32.1. The van der Waals surface area contributed by atoms with Crippen LogP contribution in [0, 0.1) is 6.92 Å². The fraction of sp³-hybridized carbons (Fsp3) is 0.308. The SMILES string of the molecule is CNCc1ncc(-c2cc(C)ccc2OC)s1. The number of nitrogens with one attached hydrogen (secondary N) is 1. The average Bonchev–Trinajstić information content (AvgIpc) is 2.78. The lowest BCUT2D eigenvalue weighted by atomic mass is 10.1. The molecule has 4 heteroatoms. The monoisotopic (exact) mass is 248 g/mol. The van der Waals surface area contributed by atoms with Crippen molar-refractivity contribution in [1.29, 1.82) is 0 Å². The predicted molar refractivity (Wildman–Crippen MR) is 71.6 cm³/mol. The van der Waals surface area contributed by atoms with Crippen molar-refractivity contribution >= 4 is 11.3 Å². The van der Waals surface area contributed by atoms with Crippen molar-refractivity contribution in [3.8, 4) is 16.2 Å². The third-order valence-electron chi connectivity index (χ3n) is 2.50. The Morgan fingerprint density at radius 3 is 2.94 bits per heavy atom. The number of benzene rings is 1. The molecule has 1 N–H and O–H groups in total. The van der Waals surface area contributed by atoms with Crippen molar-refractivity contribution < 1.29 is 4.74 Å². The van der Waals surface area contributed by atoms with Crippen LogP contribution in [0.1, 0.15) is 10.6 Å². The Kier molecular flexibility index (Phi) is 3.76. The highest BCUT2D eigenvalue weighted by Gasteiger charge is 2.09. The number of thiazole rings is 1. The number of aromatic nitrogens is 1. The van der Waals surface area contributed by atoms with Crippen LogP contribution >= 0.6 is 11.3 Å². The molecule has 1 aromatic heterocycles. The maximum Gasteiger partial charge on any atom is 0.127 e. The van der Waals surface area contributed by atoms with Gasteiger partial charge in [-0.15, -0.1) is 11.3 Å². The largest absolute Gasteiger partial charge is 0.496 e. The Balaban J connectivity index is 2.40. The third kappa shape index (κ3) is 2.65. The summed E-state index contributed by atoms with van der Waals surface area (Å²) < 4.78 is 5.39. The van der Waals surface area contributed by atoms with Crippen LogP contribution in [0.4, 0.5) is 0 Å². The molecule has 0 aliphatic carbocycles. The van der Waals surface area contributed by atoms with Gasteiger partial charge < -0.3 is 10.1 Å². The number of nitrogens with zero attached hydrogens (tertiary/aromatic N) is 1. The predicted octanol–water partition coefficient (Wildman–Crippen LogP) is 2.85. The topological polar surface area (TPSA) is 34.2 Å². The van der Waals surface area contributed by atoms with Gasteiger partial charge in [0, 0.05) is 18.3 Å². The van der Waals surface area contributed by atoms with E-state index in [1.165, 1.54) is 5.56 Å². The zero-order valence-corrected chi connectivity index (χ0v) is 11.1. The molecule has 0 aliphatic heterocycles. The molecule has 1 aromatic carbocycles. The van der Waals surface area contributed by atoms with Crippen molar-refractivity contribution in [2.24, 2.45) is 0 Å². The minimum Gasteiger partial charge on any atom is -0.496 e. The normalized spacial score (nSPS) is 10.5. The molecule has 0 aliphatic rings. The van der Waals surface area contributed by atoms with Gasteiger partial charge >= 0.3 is 0 Å². The molecule has 0 unspecified atom stereocenters. The van der Waals surface area contributed by atoms with Crippen LogP contribution in [0.15, 0.2) is 24.4 Å². The van der Waals surface area contributed by atoms with E-state index in [0.717, 1.165) is 27.7 Å². The maximum absolute atomic E-state index is 5.39. The second-order valence-corrected chi connectivity index (χ2v) is 4.97. The van der Waals surface area contributed by atoms with Gasteiger partial charge in [-0.3, -0.25) is 0 Å². The third-order valence-corrected chi connectivity index (χ3v) is 3.53. The standard InChI is InChI=1S/C13H16N2OS/c1-9-4-5-11(16-3)10(6-9)12-7-15-13(17-12)8-14-2/h4-7,14H,8H2,1-3H3. The zero-order valence-electron chi connectivity index (χ0n) is 10.3. The number of ether oxygens (including phenoxy) is 1. The van der Waals surface area contributed by atoms with Gasteiger partial charge in [-0.05, 0) is 26.1 Å². The Morgan fingerprint density at radius 1 is 1.41 bits per heavy atom. The second kappa shape index (κ2) is 5.29. The van der Waals surface area contributed by atoms with E-state index in [1.807, 2.05) is 19.3 Å². The minimum absolute atomic E-state index is 0.804. The molecule has 0 amide bonds. The Bertz CT molecular complexity index is 508. The van der Waals surface area contributed by atoms with Gasteiger partial charge in [-0.25, -0.2) is 4.98 Å². The van der Waals surface area contributed by atoms with Crippen LogP contribution in [-0.4, -0.2) is 19.1 Å². The molecule has 0 saturated carbocycles. The molecule has 17 heavy (non-hydrogen) atoms. The number of aryl methyl sites for hydroxylation is 1. The smallest absolute Gasteiger partial charge is 0.127 e. The van der Waals surface area contributed by atoms with Crippen LogP contribution in [0.2, 0.25) is 0 Å². The Labute approximate surface area is 105 Å². The Morgan fingerprint density at radius 2 is 2.24 bits per heavy atom. The lowest BCUT2D eigenvalue weighted by Gasteiger charge is -2.06. The second-order valence-electron chi connectivity index (χ2n) is 3.85. The van der Waals surface area contributed by atoms with E-state index in [2.05, 4.69) is 29.4 Å². The molecule has 2 rings (SSSR count). The minimum atomic E-state index is 0.804. The van der Waals surface area contributed by atoms with Gasteiger partial charge in [0.2, 0.25) is 0 Å². The van der Waals surface area contributed by atoms with E-state index in [9.17, 15) is 0 Å². The first kappa shape index (κ1) is 12.1. The van der Waals surface area contributed by atoms with Gasteiger partial charge in [0.1, 0.15) is 10.8 Å². The van der Waals surface area contributed by atoms with Crippen molar-refractivity contribution in [2.75, 3.05) is 14.2 Å². The number of rotatable bonds is 4. The zero-order chi connectivity index (χ0) is 12.3. The van der Waals surface area contributed by atoms with Gasteiger partial charge in [-0.2, -0.15) is 0 Å². The molecule has 0 radical (unpaired) electrons. The van der Waals surface area contributed by atoms with Gasteiger partial charge in [0.15, 0.2) is 0 Å². The lowest BCUT2D eigenvalue weighted by Crippen LogP contribution is -2.03. The summed E-state index contributed by atoms with van der Waals surface area (Å²) >= 11 is 1.70.